The summed E-state index contributed by atoms with van der Waals surface area (Å²) in [7, 11) is 0. The van der Waals surface area contributed by atoms with Gasteiger partial charge in [-0.25, -0.2) is 0 Å². The van der Waals surface area contributed by atoms with E-state index in [1.54, 1.807) is 0 Å². The van der Waals surface area contributed by atoms with Gasteiger partial charge in [0.25, 0.3) is 0 Å². The number of carbonyl (C=O) groups excluding carboxylic acids is 2. The molecule has 1 N–H and O–H groups in total. The van der Waals surface area contributed by atoms with Gasteiger partial charge in [0.1, 0.15) is 6.61 Å². The van der Waals surface area contributed by atoms with Crippen molar-refractivity contribution in [3.63, 3.8) is 0 Å². The Kier molecular flexibility index (Phi) is 59.0. The van der Waals surface area contributed by atoms with E-state index in [0.29, 0.717) is 12.8 Å². The minimum atomic E-state index is -0.795. The number of hydrogen-bond acceptors (Lipinski definition) is 5. The Bertz CT molecular complexity index is 1620. The molecule has 0 aliphatic carbocycles. The predicted molar refractivity (Wildman–Crippen MR) is 324 cm³/mol. The molecule has 5 nitrogen and oxygen atoms in total. The highest BCUT2D eigenvalue weighted by Gasteiger charge is 2.16. The first kappa shape index (κ1) is 69.5. The topological polar surface area (TPSA) is 72.8 Å². The Morgan fingerprint density at radius 1 is 0.311 bits per heavy atom. The molecule has 0 saturated carbocycles. The van der Waals surface area contributed by atoms with E-state index in [4.69, 9.17) is 9.47 Å². The molecule has 0 bridgehead atoms. The second kappa shape index (κ2) is 62.8. The summed E-state index contributed by atoms with van der Waals surface area (Å²) in [6.07, 6.45) is 96.5. The van der Waals surface area contributed by atoms with E-state index in [1.807, 2.05) is 0 Å². The van der Waals surface area contributed by atoms with Crippen LogP contribution in [0.2, 0.25) is 0 Å². The van der Waals surface area contributed by atoms with Crippen LogP contribution in [0, 0.1) is 0 Å². The molecule has 0 fully saturated rings. The molecule has 0 heterocycles. The number of allylic oxidation sites excluding steroid dienone is 26. The lowest BCUT2D eigenvalue weighted by Gasteiger charge is -2.15. The van der Waals surface area contributed by atoms with Gasteiger partial charge >= 0.3 is 11.9 Å². The Labute approximate surface area is 456 Å². The highest BCUT2D eigenvalue weighted by molar-refractivity contribution is 5.70. The van der Waals surface area contributed by atoms with Crippen LogP contribution in [0.4, 0.5) is 0 Å². The molecule has 1 unspecified atom stereocenters. The van der Waals surface area contributed by atoms with E-state index in [1.165, 1.54) is 83.5 Å². The molecule has 0 aliphatic rings. The van der Waals surface area contributed by atoms with Crippen LogP contribution in [0.25, 0.3) is 0 Å². The molecule has 416 valence electrons. The monoisotopic (exact) mass is 1020 g/mol. The van der Waals surface area contributed by atoms with Crippen LogP contribution >= 0.6 is 0 Å². The fourth-order valence-corrected chi connectivity index (χ4v) is 7.89. The molecular weight excluding hydrogens is 909 g/mol. The van der Waals surface area contributed by atoms with Gasteiger partial charge in [-0.1, -0.05) is 268 Å². The van der Waals surface area contributed by atoms with Crippen LogP contribution in [0.5, 0.6) is 0 Å². The van der Waals surface area contributed by atoms with Gasteiger partial charge in [-0.05, 0) is 122 Å². The molecule has 0 aromatic rings. The van der Waals surface area contributed by atoms with E-state index in [-0.39, 0.29) is 25.2 Å². The number of carbonyl (C=O) groups is 2. The standard InChI is InChI=1S/C69H110O5/c1-3-5-7-9-11-13-15-17-19-21-23-25-27-28-29-30-31-32-33-34-35-36-37-38-39-40-42-44-46-48-50-52-54-56-58-60-62-64-69(72)74-67(65-70)66-73-68(71)63-61-59-57-55-53-51-49-47-45-43-41-26-24-22-20-18-16-14-12-10-8-6-4-2/h5-8,11-14,17-20,23-26,28-29,31-32,34-35,43,45,49,51,67,70H,3-4,9-10,15-16,21-22,27,30,33,36-42,44,46-48,50,52-66H2,1-2H3/b7-5-,8-6-,13-11-,14-12-,19-17-,20-18-,25-23-,26-24-,29-28-,32-31-,35-34-,45-43-,51-49-. The molecule has 0 spiro atoms. The van der Waals surface area contributed by atoms with Crippen LogP contribution in [-0.4, -0.2) is 36.4 Å². The summed E-state index contributed by atoms with van der Waals surface area (Å²) in [6, 6.07) is 0. The first-order chi connectivity index (χ1) is 36.6. The minimum Gasteiger partial charge on any atom is -0.462 e. The zero-order chi connectivity index (χ0) is 53.4. The van der Waals surface area contributed by atoms with E-state index < -0.39 is 6.10 Å². The van der Waals surface area contributed by atoms with Crippen molar-refractivity contribution in [2.75, 3.05) is 13.2 Å². The third-order valence-electron chi connectivity index (χ3n) is 12.3. The zero-order valence-electron chi connectivity index (χ0n) is 47.5. The summed E-state index contributed by atoms with van der Waals surface area (Å²) in [6.45, 7) is 3.89. The van der Waals surface area contributed by atoms with Gasteiger partial charge in [-0.2, -0.15) is 0 Å². The van der Waals surface area contributed by atoms with Crippen molar-refractivity contribution in [1.82, 2.24) is 0 Å². The number of rotatable bonds is 53. The molecule has 5 heteroatoms. The molecule has 74 heavy (non-hydrogen) atoms. The van der Waals surface area contributed by atoms with Gasteiger partial charge in [0.2, 0.25) is 0 Å². The van der Waals surface area contributed by atoms with Crippen LogP contribution in [0.3, 0.4) is 0 Å². The van der Waals surface area contributed by atoms with Crippen molar-refractivity contribution in [2.45, 2.75) is 251 Å². The van der Waals surface area contributed by atoms with Gasteiger partial charge in [-0.3, -0.25) is 9.59 Å². The molecular formula is C69H110O5. The summed E-state index contributed by atoms with van der Waals surface area (Å²) in [5, 5.41) is 9.66. The van der Waals surface area contributed by atoms with Gasteiger partial charge < -0.3 is 14.6 Å². The number of hydrogen-bond donors (Lipinski definition) is 1. The molecule has 0 aromatic heterocycles. The summed E-state index contributed by atoms with van der Waals surface area (Å²) in [4.78, 5) is 24.6. The number of aliphatic hydroxyl groups is 1. The van der Waals surface area contributed by atoms with E-state index in [2.05, 4.69) is 172 Å². The van der Waals surface area contributed by atoms with Crippen molar-refractivity contribution in [2.24, 2.45) is 0 Å². The Morgan fingerprint density at radius 2 is 0.541 bits per heavy atom. The Balaban J connectivity index is 3.57. The first-order valence-corrected chi connectivity index (χ1v) is 30.0. The van der Waals surface area contributed by atoms with Gasteiger partial charge in [-0.15, -0.1) is 0 Å². The lowest BCUT2D eigenvalue weighted by atomic mass is 10.0. The zero-order valence-corrected chi connectivity index (χ0v) is 47.5. The molecule has 0 radical (unpaired) electrons. The van der Waals surface area contributed by atoms with Crippen molar-refractivity contribution in [3.8, 4) is 0 Å². The summed E-state index contributed by atoms with van der Waals surface area (Å²) in [5.74, 6) is -0.626. The number of unbranched alkanes of at least 4 members (excludes halogenated alkanes) is 19. The first-order valence-electron chi connectivity index (χ1n) is 30.0. The highest BCUT2D eigenvalue weighted by Crippen LogP contribution is 2.15. The molecule has 0 amide bonds. The van der Waals surface area contributed by atoms with Crippen molar-refractivity contribution in [3.05, 3.63) is 158 Å². The molecule has 0 saturated heterocycles. The van der Waals surface area contributed by atoms with Gasteiger partial charge in [0.05, 0.1) is 6.61 Å². The second-order valence-electron chi connectivity index (χ2n) is 19.3. The van der Waals surface area contributed by atoms with Crippen molar-refractivity contribution >= 4 is 11.9 Å². The van der Waals surface area contributed by atoms with Crippen LogP contribution in [-0.2, 0) is 19.1 Å². The number of esters is 2. The second-order valence-corrected chi connectivity index (χ2v) is 19.3. The van der Waals surface area contributed by atoms with Crippen molar-refractivity contribution < 1.29 is 24.2 Å². The lowest BCUT2D eigenvalue weighted by Crippen LogP contribution is -2.28. The SMILES string of the molecule is CC/C=C\C/C=C\C/C=C\C/C=C\C/C=C\C/C=C\C/C=C\CCCCCCCCCCCCCCCCCC(=O)OC(CO)COC(=O)CCCCCC/C=C\C/C=C\C/C=C\C/C=C\C/C=C\C/C=C\CC. The fourth-order valence-electron chi connectivity index (χ4n) is 7.89. The van der Waals surface area contributed by atoms with E-state index >= 15 is 0 Å². The number of ether oxygens (including phenoxy) is 2. The minimum absolute atomic E-state index is 0.0878. The number of aliphatic hydroxyl groups excluding tert-OH is 1. The van der Waals surface area contributed by atoms with Gasteiger partial charge in [0, 0.05) is 12.8 Å². The summed E-state index contributed by atoms with van der Waals surface area (Å²) >= 11 is 0. The summed E-state index contributed by atoms with van der Waals surface area (Å²) < 4.78 is 10.7. The van der Waals surface area contributed by atoms with Crippen LogP contribution in [0.15, 0.2) is 158 Å². The quantitative estimate of drug-likeness (QED) is 0.0373. The summed E-state index contributed by atoms with van der Waals surface area (Å²) in [5.41, 5.74) is 0. The maximum atomic E-state index is 12.3. The predicted octanol–water partition coefficient (Wildman–Crippen LogP) is 20.7. The molecule has 0 aliphatic heterocycles. The van der Waals surface area contributed by atoms with Gasteiger partial charge in [0.15, 0.2) is 6.10 Å². The Hall–Kier alpha value is -4.48. The normalized spacial score (nSPS) is 13.4. The van der Waals surface area contributed by atoms with E-state index in [9.17, 15) is 14.7 Å². The average molecular weight is 1020 g/mol. The van der Waals surface area contributed by atoms with Crippen LogP contribution < -0.4 is 0 Å². The Morgan fingerprint density at radius 3 is 0.811 bits per heavy atom. The maximum Gasteiger partial charge on any atom is 0.306 e. The molecule has 1 atom stereocenters. The third-order valence-corrected chi connectivity index (χ3v) is 12.3. The lowest BCUT2D eigenvalue weighted by molar-refractivity contribution is -0.161. The largest absolute Gasteiger partial charge is 0.462 e. The molecule has 0 rings (SSSR count). The van der Waals surface area contributed by atoms with E-state index in [0.717, 1.165) is 135 Å². The maximum absolute atomic E-state index is 12.3. The smallest absolute Gasteiger partial charge is 0.306 e. The third kappa shape index (κ3) is 60.1. The molecule has 0 aromatic carbocycles. The van der Waals surface area contributed by atoms with Crippen molar-refractivity contribution in [1.29, 1.82) is 0 Å². The van der Waals surface area contributed by atoms with Crippen LogP contribution in [0.1, 0.15) is 245 Å². The fraction of sp³-hybridized carbons (Fsp3) is 0.594. The highest BCUT2D eigenvalue weighted by atomic mass is 16.6. The average Bonchev–Trinajstić information content (AvgIpc) is 3.40.